The fraction of sp³-hybridized carbons (Fsp3) is 0.182. The first kappa shape index (κ1) is 18.9. The first-order chi connectivity index (χ1) is 15.0. The van der Waals surface area contributed by atoms with E-state index in [9.17, 15) is 19.2 Å². The van der Waals surface area contributed by atoms with E-state index in [-0.39, 0.29) is 10.9 Å². The number of amides is 4. The number of hydrazine groups is 1. The monoisotopic (exact) mass is 418 g/mol. The zero-order valence-electron chi connectivity index (χ0n) is 16.3. The number of urea groups is 1. The van der Waals surface area contributed by atoms with Crippen LogP contribution in [0.15, 0.2) is 59.5 Å². The van der Waals surface area contributed by atoms with Crippen LogP contribution in [0.5, 0.6) is 11.5 Å². The van der Waals surface area contributed by atoms with Gasteiger partial charge in [0.2, 0.25) is 5.43 Å². The quantitative estimate of drug-likeness (QED) is 0.562. The van der Waals surface area contributed by atoms with Crippen molar-refractivity contribution < 1.29 is 19.1 Å². The maximum Gasteiger partial charge on any atom is 0.344 e. The molecule has 1 aliphatic heterocycles. The molecule has 1 spiro atoms. The molecule has 2 heterocycles. The summed E-state index contributed by atoms with van der Waals surface area (Å²) in [6.07, 6.45) is 3.15. The number of H-pyrrole nitrogens is 1. The smallest absolute Gasteiger partial charge is 0.344 e. The highest BCUT2D eigenvalue weighted by Gasteiger charge is 2.55. The van der Waals surface area contributed by atoms with Crippen molar-refractivity contribution in [3.05, 3.63) is 70.5 Å². The molecule has 1 saturated carbocycles. The Kier molecular flexibility index (Phi) is 4.25. The number of benzene rings is 2. The lowest BCUT2D eigenvalue weighted by molar-refractivity contribution is -0.135. The van der Waals surface area contributed by atoms with E-state index < -0.39 is 28.8 Å². The molecule has 2 fully saturated rings. The Balaban J connectivity index is 1.42. The van der Waals surface area contributed by atoms with Gasteiger partial charge in [-0.25, -0.2) is 4.79 Å². The number of carbonyl (C=O) groups excluding carboxylic acids is 3. The van der Waals surface area contributed by atoms with E-state index in [1.165, 1.54) is 12.3 Å². The van der Waals surface area contributed by atoms with Crippen molar-refractivity contribution in [3.63, 3.8) is 0 Å². The van der Waals surface area contributed by atoms with Crippen LogP contribution in [0.2, 0.25) is 0 Å². The Morgan fingerprint density at radius 1 is 1.03 bits per heavy atom. The molecular weight excluding hydrogens is 400 g/mol. The van der Waals surface area contributed by atoms with Gasteiger partial charge in [-0.05, 0) is 49.6 Å². The normalized spacial score (nSPS) is 16.8. The number of nitrogens with one attached hydrogen (secondary N) is 3. The van der Waals surface area contributed by atoms with E-state index in [0.29, 0.717) is 34.9 Å². The molecule has 1 saturated heterocycles. The van der Waals surface area contributed by atoms with Crippen LogP contribution in [0.1, 0.15) is 29.6 Å². The SMILES string of the molecule is O=C(NN1C(=O)NC2(CCC2)C1=O)c1c[nH]c2ccc(Oc3ccccc3)cc2c1=O. The second-order valence-electron chi connectivity index (χ2n) is 7.60. The van der Waals surface area contributed by atoms with E-state index in [0.717, 1.165) is 6.42 Å². The van der Waals surface area contributed by atoms with Crippen LogP contribution in [0.25, 0.3) is 10.9 Å². The van der Waals surface area contributed by atoms with Gasteiger partial charge >= 0.3 is 6.03 Å². The van der Waals surface area contributed by atoms with Crippen LogP contribution in [-0.2, 0) is 4.79 Å². The standard InChI is InChI=1S/C22H18N4O5/c27-18-15-11-14(31-13-5-2-1-3-6-13)7-8-17(15)23-12-16(18)19(28)25-26-20(29)22(9-4-10-22)24-21(26)30/h1-3,5-8,11-12H,4,9-10H2,(H,23,27)(H,24,30)(H,25,28). The minimum absolute atomic E-state index is 0.223. The average Bonchev–Trinajstić information content (AvgIpc) is 3.00. The topological polar surface area (TPSA) is 121 Å². The molecule has 0 unspecified atom stereocenters. The number of hydrogen-bond acceptors (Lipinski definition) is 5. The van der Waals surface area contributed by atoms with Gasteiger partial charge in [-0.3, -0.25) is 19.8 Å². The summed E-state index contributed by atoms with van der Waals surface area (Å²) in [6.45, 7) is 0. The van der Waals surface area contributed by atoms with E-state index in [1.807, 2.05) is 18.2 Å². The molecule has 1 aromatic heterocycles. The number of carbonyl (C=O) groups is 3. The van der Waals surface area contributed by atoms with Gasteiger partial charge in [0, 0.05) is 17.1 Å². The van der Waals surface area contributed by atoms with Crippen molar-refractivity contribution >= 4 is 28.7 Å². The lowest BCUT2D eigenvalue weighted by Crippen LogP contribution is -2.54. The number of fused-ring (bicyclic) bond motifs is 1. The number of pyridine rings is 1. The summed E-state index contributed by atoms with van der Waals surface area (Å²) in [6, 6.07) is 13.3. The fourth-order valence-electron chi connectivity index (χ4n) is 3.81. The Morgan fingerprint density at radius 2 is 1.81 bits per heavy atom. The highest BCUT2D eigenvalue weighted by Crippen LogP contribution is 2.36. The van der Waals surface area contributed by atoms with Crippen LogP contribution < -0.4 is 20.9 Å². The third-order valence-corrected chi connectivity index (χ3v) is 5.66. The summed E-state index contributed by atoms with van der Waals surface area (Å²) >= 11 is 0. The van der Waals surface area contributed by atoms with Crippen LogP contribution in [-0.4, -0.2) is 33.4 Å². The van der Waals surface area contributed by atoms with Gasteiger partial charge in [0.15, 0.2) is 0 Å². The molecule has 4 amide bonds. The van der Waals surface area contributed by atoms with Crippen LogP contribution >= 0.6 is 0 Å². The molecule has 5 rings (SSSR count). The van der Waals surface area contributed by atoms with Gasteiger partial charge in [-0.1, -0.05) is 18.2 Å². The van der Waals surface area contributed by atoms with Gasteiger partial charge in [0.05, 0.1) is 0 Å². The van der Waals surface area contributed by atoms with Gasteiger partial charge in [0.25, 0.3) is 11.8 Å². The predicted molar refractivity (Wildman–Crippen MR) is 111 cm³/mol. The maximum absolute atomic E-state index is 13.0. The second kappa shape index (κ2) is 6.98. The third kappa shape index (κ3) is 3.10. The molecule has 1 aliphatic carbocycles. The first-order valence-corrected chi connectivity index (χ1v) is 9.83. The van der Waals surface area contributed by atoms with E-state index in [1.54, 1.807) is 24.3 Å². The molecule has 31 heavy (non-hydrogen) atoms. The fourth-order valence-corrected chi connectivity index (χ4v) is 3.81. The third-order valence-electron chi connectivity index (χ3n) is 5.66. The summed E-state index contributed by atoms with van der Waals surface area (Å²) in [5.74, 6) is -0.316. The minimum Gasteiger partial charge on any atom is -0.457 e. The molecule has 9 heteroatoms. The molecule has 3 N–H and O–H groups in total. The number of imide groups is 1. The van der Waals surface area contributed by atoms with E-state index in [4.69, 9.17) is 4.74 Å². The second-order valence-corrected chi connectivity index (χ2v) is 7.60. The van der Waals surface area contributed by atoms with Crippen LogP contribution in [0, 0.1) is 0 Å². The number of rotatable bonds is 4. The first-order valence-electron chi connectivity index (χ1n) is 9.83. The van der Waals surface area contributed by atoms with Crippen LogP contribution in [0.4, 0.5) is 4.79 Å². The molecule has 0 atom stereocenters. The highest BCUT2D eigenvalue weighted by molar-refractivity contribution is 6.10. The van der Waals surface area contributed by atoms with Crippen molar-refractivity contribution in [2.45, 2.75) is 24.8 Å². The zero-order valence-corrected chi connectivity index (χ0v) is 16.3. The molecule has 9 nitrogen and oxygen atoms in total. The van der Waals surface area contributed by atoms with E-state index in [2.05, 4.69) is 15.7 Å². The maximum atomic E-state index is 13.0. The van der Waals surface area contributed by atoms with Gasteiger partial charge in [-0.2, -0.15) is 5.01 Å². The number of aromatic nitrogens is 1. The van der Waals surface area contributed by atoms with Gasteiger partial charge in [0.1, 0.15) is 22.6 Å². The van der Waals surface area contributed by atoms with Gasteiger partial charge < -0.3 is 15.0 Å². The van der Waals surface area contributed by atoms with Gasteiger partial charge in [-0.15, -0.1) is 0 Å². The van der Waals surface area contributed by atoms with Crippen LogP contribution in [0.3, 0.4) is 0 Å². The molecule has 2 aromatic carbocycles. The molecule has 2 aliphatic rings. The van der Waals surface area contributed by atoms with Crippen molar-refractivity contribution in [1.82, 2.24) is 20.7 Å². The Labute approximate surface area is 176 Å². The minimum atomic E-state index is -0.927. The molecular formula is C22H18N4O5. The summed E-state index contributed by atoms with van der Waals surface area (Å²) in [5.41, 5.74) is 1.08. The number of nitrogens with zero attached hydrogens (tertiary/aromatic N) is 1. The van der Waals surface area contributed by atoms with Crippen molar-refractivity contribution in [1.29, 1.82) is 0 Å². The number of para-hydroxylation sites is 1. The lowest BCUT2D eigenvalue weighted by atomic mass is 9.77. The zero-order chi connectivity index (χ0) is 21.6. The predicted octanol–water partition coefficient (Wildman–Crippen LogP) is 2.44. The molecule has 3 aromatic rings. The summed E-state index contributed by atoms with van der Waals surface area (Å²) in [4.78, 5) is 53.3. The molecule has 0 radical (unpaired) electrons. The summed E-state index contributed by atoms with van der Waals surface area (Å²) < 4.78 is 5.76. The largest absolute Gasteiger partial charge is 0.457 e. The summed E-state index contributed by atoms with van der Waals surface area (Å²) in [7, 11) is 0. The lowest BCUT2D eigenvalue weighted by Gasteiger charge is -2.34. The van der Waals surface area contributed by atoms with Crippen molar-refractivity contribution in [2.75, 3.05) is 0 Å². The Hall–Kier alpha value is -4.14. The van der Waals surface area contributed by atoms with E-state index >= 15 is 0 Å². The van der Waals surface area contributed by atoms with Crippen molar-refractivity contribution in [3.8, 4) is 11.5 Å². The summed E-state index contributed by atoms with van der Waals surface area (Å²) in [5, 5.41) is 3.52. The Morgan fingerprint density at radius 3 is 2.48 bits per heavy atom. The average molecular weight is 418 g/mol. The Bertz CT molecular complexity index is 1280. The highest BCUT2D eigenvalue weighted by atomic mass is 16.5. The molecule has 0 bridgehead atoms. The molecule has 156 valence electrons. The number of hydrogen-bond donors (Lipinski definition) is 3. The van der Waals surface area contributed by atoms with Crippen molar-refractivity contribution in [2.24, 2.45) is 0 Å². The number of aromatic amines is 1. The number of ether oxygens (including phenoxy) is 1.